The Hall–Kier alpha value is -1.47. The summed E-state index contributed by atoms with van der Waals surface area (Å²) in [6.45, 7) is 1.62. The van der Waals surface area contributed by atoms with Crippen molar-refractivity contribution in [1.82, 2.24) is 14.7 Å². The van der Waals surface area contributed by atoms with Crippen LogP contribution in [-0.4, -0.2) is 40.2 Å². The maximum absolute atomic E-state index is 10.8. The van der Waals surface area contributed by atoms with Crippen molar-refractivity contribution >= 4 is 32.5 Å². The summed E-state index contributed by atoms with van der Waals surface area (Å²) in [7, 11) is 3.98. The summed E-state index contributed by atoms with van der Waals surface area (Å²) in [5.74, 6) is 0. The van der Waals surface area contributed by atoms with Crippen molar-refractivity contribution in [2.75, 3.05) is 20.6 Å². The normalized spacial score (nSPS) is 11.3. The van der Waals surface area contributed by atoms with Crippen LogP contribution in [-0.2, 0) is 6.54 Å². The van der Waals surface area contributed by atoms with Crippen LogP contribution in [0.5, 0.6) is 0 Å². The topological polar surface area (TPSA) is 64.2 Å². The number of aromatic nitrogens is 2. The van der Waals surface area contributed by atoms with Gasteiger partial charge in [0.05, 0.1) is 15.9 Å². The zero-order chi connectivity index (χ0) is 13.3. The van der Waals surface area contributed by atoms with Gasteiger partial charge in [0.15, 0.2) is 0 Å². The van der Waals surface area contributed by atoms with E-state index < -0.39 is 4.92 Å². The van der Waals surface area contributed by atoms with Crippen LogP contribution in [0.25, 0.3) is 10.9 Å². The average molecular weight is 313 g/mol. The SMILES string of the molecule is CN(C)CCn1cc2cc([N+](=O)[O-])cc(Br)c2n1. The van der Waals surface area contributed by atoms with Crippen molar-refractivity contribution in [3.8, 4) is 0 Å². The molecule has 0 atom stereocenters. The van der Waals surface area contributed by atoms with Gasteiger partial charge in [0.2, 0.25) is 0 Å². The molecule has 0 aliphatic rings. The van der Waals surface area contributed by atoms with Crippen LogP contribution >= 0.6 is 15.9 Å². The first kappa shape index (κ1) is 13.0. The molecule has 1 heterocycles. The van der Waals surface area contributed by atoms with E-state index in [1.807, 2.05) is 20.3 Å². The van der Waals surface area contributed by atoms with Gasteiger partial charge >= 0.3 is 0 Å². The average Bonchev–Trinajstić information content (AvgIpc) is 2.69. The van der Waals surface area contributed by atoms with Gasteiger partial charge in [0.25, 0.3) is 5.69 Å². The summed E-state index contributed by atoms with van der Waals surface area (Å²) >= 11 is 3.32. The second-order valence-electron chi connectivity index (χ2n) is 4.32. The molecule has 0 radical (unpaired) electrons. The molecule has 0 saturated heterocycles. The molecule has 0 aliphatic heterocycles. The van der Waals surface area contributed by atoms with Crippen LogP contribution in [0.2, 0.25) is 0 Å². The second kappa shape index (κ2) is 5.03. The van der Waals surface area contributed by atoms with Crippen molar-refractivity contribution in [1.29, 1.82) is 0 Å². The zero-order valence-corrected chi connectivity index (χ0v) is 11.7. The summed E-state index contributed by atoms with van der Waals surface area (Å²) in [4.78, 5) is 12.4. The fourth-order valence-electron chi connectivity index (χ4n) is 1.65. The lowest BCUT2D eigenvalue weighted by atomic mass is 10.2. The molecule has 0 N–H and O–H groups in total. The van der Waals surface area contributed by atoms with Gasteiger partial charge in [0, 0.05) is 30.3 Å². The van der Waals surface area contributed by atoms with Gasteiger partial charge in [-0.05, 0) is 30.0 Å². The van der Waals surface area contributed by atoms with Crippen LogP contribution in [0.4, 0.5) is 5.69 Å². The van der Waals surface area contributed by atoms with Crippen molar-refractivity contribution in [3.63, 3.8) is 0 Å². The van der Waals surface area contributed by atoms with Crippen molar-refractivity contribution in [3.05, 3.63) is 32.9 Å². The van der Waals surface area contributed by atoms with Gasteiger partial charge in [-0.25, -0.2) is 0 Å². The molecule has 0 fully saturated rings. The quantitative estimate of drug-likeness (QED) is 0.641. The lowest BCUT2D eigenvalue weighted by Crippen LogP contribution is -2.18. The molecule has 0 bridgehead atoms. The summed E-state index contributed by atoms with van der Waals surface area (Å²) in [5.41, 5.74) is 0.820. The minimum absolute atomic E-state index is 0.0709. The van der Waals surface area contributed by atoms with Gasteiger partial charge < -0.3 is 4.90 Å². The molecule has 6 nitrogen and oxygen atoms in total. The van der Waals surface area contributed by atoms with Crippen LogP contribution in [0, 0.1) is 10.1 Å². The first-order chi connectivity index (χ1) is 8.47. The van der Waals surface area contributed by atoms with E-state index in [0.717, 1.165) is 24.0 Å². The van der Waals surface area contributed by atoms with Crippen LogP contribution in [0.1, 0.15) is 0 Å². The van der Waals surface area contributed by atoms with E-state index >= 15 is 0 Å². The van der Waals surface area contributed by atoms with E-state index in [2.05, 4.69) is 25.9 Å². The Bertz CT molecular complexity index is 594. The zero-order valence-electron chi connectivity index (χ0n) is 10.1. The molecule has 0 aliphatic carbocycles. The van der Waals surface area contributed by atoms with Gasteiger partial charge in [-0.3, -0.25) is 14.8 Å². The Morgan fingerprint density at radius 3 is 2.83 bits per heavy atom. The minimum Gasteiger partial charge on any atom is -0.308 e. The predicted octanol–water partition coefficient (Wildman–Crippen LogP) is 2.27. The molecule has 2 rings (SSSR count). The summed E-state index contributed by atoms with van der Waals surface area (Å²) in [6.07, 6.45) is 1.83. The molecule has 0 spiro atoms. The first-order valence-electron chi connectivity index (χ1n) is 5.43. The van der Waals surface area contributed by atoms with Gasteiger partial charge in [-0.2, -0.15) is 5.10 Å². The van der Waals surface area contributed by atoms with E-state index in [-0.39, 0.29) is 5.69 Å². The fourth-order valence-corrected chi connectivity index (χ4v) is 2.19. The highest BCUT2D eigenvalue weighted by Crippen LogP contribution is 2.28. The molecular weight excluding hydrogens is 300 g/mol. The summed E-state index contributed by atoms with van der Waals surface area (Å²) in [6, 6.07) is 3.02. The third-order valence-electron chi connectivity index (χ3n) is 2.58. The Morgan fingerprint density at radius 2 is 2.22 bits per heavy atom. The van der Waals surface area contributed by atoms with E-state index in [0.29, 0.717) is 4.47 Å². The highest BCUT2D eigenvalue weighted by Gasteiger charge is 2.13. The number of likely N-dealkylation sites (N-methyl/N-ethyl adjacent to an activating group) is 1. The van der Waals surface area contributed by atoms with Crippen LogP contribution in [0.3, 0.4) is 0 Å². The first-order valence-corrected chi connectivity index (χ1v) is 6.22. The van der Waals surface area contributed by atoms with Crippen molar-refractivity contribution < 1.29 is 4.92 Å². The summed E-state index contributed by atoms with van der Waals surface area (Å²) < 4.78 is 2.45. The Balaban J connectivity index is 2.38. The van der Waals surface area contributed by atoms with Crippen LogP contribution < -0.4 is 0 Å². The van der Waals surface area contributed by atoms with E-state index in [9.17, 15) is 10.1 Å². The second-order valence-corrected chi connectivity index (χ2v) is 5.17. The predicted molar refractivity (Wildman–Crippen MR) is 72.6 cm³/mol. The van der Waals surface area contributed by atoms with Gasteiger partial charge in [-0.15, -0.1) is 0 Å². The molecule has 2 aromatic rings. The number of halogens is 1. The highest BCUT2D eigenvalue weighted by molar-refractivity contribution is 9.10. The van der Waals surface area contributed by atoms with E-state index in [4.69, 9.17) is 0 Å². The Kier molecular flexibility index (Phi) is 3.63. The lowest BCUT2D eigenvalue weighted by Gasteiger charge is -2.08. The Morgan fingerprint density at radius 1 is 1.50 bits per heavy atom. The lowest BCUT2D eigenvalue weighted by molar-refractivity contribution is -0.384. The number of fused-ring (bicyclic) bond motifs is 1. The van der Waals surface area contributed by atoms with E-state index in [1.54, 1.807) is 10.7 Å². The molecule has 18 heavy (non-hydrogen) atoms. The molecule has 0 amide bonds. The molecule has 7 heteroatoms. The number of non-ortho nitro benzene ring substituents is 1. The monoisotopic (exact) mass is 312 g/mol. The molecule has 0 saturated carbocycles. The third kappa shape index (κ3) is 2.68. The molecule has 1 aromatic carbocycles. The maximum Gasteiger partial charge on any atom is 0.271 e. The maximum atomic E-state index is 10.8. The van der Waals surface area contributed by atoms with Crippen molar-refractivity contribution in [2.45, 2.75) is 6.54 Å². The van der Waals surface area contributed by atoms with Gasteiger partial charge in [-0.1, -0.05) is 0 Å². The van der Waals surface area contributed by atoms with Crippen LogP contribution in [0.15, 0.2) is 22.8 Å². The van der Waals surface area contributed by atoms with E-state index in [1.165, 1.54) is 6.07 Å². The largest absolute Gasteiger partial charge is 0.308 e. The number of nitrogens with zero attached hydrogens (tertiary/aromatic N) is 4. The third-order valence-corrected chi connectivity index (χ3v) is 3.19. The fraction of sp³-hybridized carbons (Fsp3) is 0.364. The summed E-state index contributed by atoms with van der Waals surface area (Å²) in [5, 5.41) is 15.9. The number of benzene rings is 1. The minimum atomic E-state index is -0.401. The number of nitro groups is 1. The highest BCUT2D eigenvalue weighted by atomic mass is 79.9. The molecular formula is C11H13BrN4O2. The number of hydrogen-bond donors (Lipinski definition) is 0. The van der Waals surface area contributed by atoms with Crippen molar-refractivity contribution in [2.24, 2.45) is 0 Å². The standard InChI is InChI=1S/C11H13BrN4O2/c1-14(2)3-4-15-7-8-5-9(16(17)18)6-10(12)11(8)13-15/h5-7H,3-4H2,1-2H3. The number of hydrogen-bond acceptors (Lipinski definition) is 4. The molecule has 96 valence electrons. The molecule has 1 aromatic heterocycles. The number of rotatable bonds is 4. The van der Waals surface area contributed by atoms with Gasteiger partial charge in [0.1, 0.15) is 5.52 Å². The molecule has 0 unspecified atom stereocenters. The number of nitro benzene ring substituents is 1. The Labute approximate surface area is 112 Å². The smallest absolute Gasteiger partial charge is 0.271 e.